The maximum atomic E-state index is 11.8. The van der Waals surface area contributed by atoms with Crippen LogP contribution in [0, 0.1) is 0 Å². The highest BCUT2D eigenvalue weighted by Gasteiger charge is 2.12. The summed E-state index contributed by atoms with van der Waals surface area (Å²) in [6.45, 7) is 0.381. The van der Waals surface area contributed by atoms with Gasteiger partial charge in [-0.25, -0.2) is 18.4 Å². The molecular formula is C19H16N4O3S. The molecule has 0 aliphatic carbocycles. The Morgan fingerprint density at radius 2 is 1.85 bits per heavy atom. The summed E-state index contributed by atoms with van der Waals surface area (Å²) in [5, 5.41) is 7.88. The molecule has 0 bridgehead atoms. The summed E-state index contributed by atoms with van der Waals surface area (Å²) in [6.07, 6.45) is 2.61. The minimum absolute atomic E-state index is 0.223. The summed E-state index contributed by atoms with van der Waals surface area (Å²) in [4.78, 5) is 8.64. The lowest BCUT2D eigenvalue weighted by atomic mass is 10.1. The summed E-state index contributed by atoms with van der Waals surface area (Å²) >= 11 is 0. The summed E-state index contributed by atoms with van der Waals surface area (Å²) < 4.78 is 29.0. The number of sulfone groups is 1. The molecule has 0 unspecified atom stereocenters. The van der Waals surface area contributed by atoms with E-state index in [1.54, 1.807) is 12.1 Å². The fourth-order valence-corrected chi connectivity index (χ4v) is 3.36. The molecule has 0 saturated carbocycles. The van der Waals surface area contributed by atoms with Gasteiger partial charge in [-0.05, 0) is 18.2 Å². The molecule has 0 radical (unpaired) electrons. The Balaban J connectivity index is 1.60. The molecule has 136 valence electrons. The van der Waals surface area contributed by atoms with E-state index in [1.807, 2.05) is 36.4 Å². The first-order valence-electron chi connectivity index (χ1n) is 8.20. The number of nitrogens with one attached hydrogen (secondary N) is 1. The highest BCUT2D eigenvalue weighted by atomic mass is 32.2. The summed E-state index contributed by atoms with van der Waals surface area (Å²) in [5.74, 6) is 1.22. The molecule has 0 aliphatic rings. The quantitative estimate of drug-likeness (QED) is 0.567. The van der Waals surface area contributed by atoms with Gasteiger partial charge in [0.1, 0.15) is 17.8 Å². The van der Waals surface area contributed by atoms with E-state index in [0.29, 0.717) is 34.7 Å². The van der Waals surface area contributed by atoms with Crippen LogP contribution in [0.15, 0.2) is 70.3 Å². The van der Waals surface area contributed by atoms with Gasteiger partial charge in [-0.3, -0.25) is 0 Å². The molecule has 0 atom stereocenters. The number of anilines is 1. The van der Waals surface area contributed by atoms with Crippen molar-refractivity contribution in [2.75, 3.05) is 11.6 Å². The van der Waals surface area contributed by atoms with Crippen LogP contribution < -0.4 is 5.32 Å². The van der Waals surface area contributed by atoms with E-state index >= 15 is 0 Å². The van der Waals surface area contributed by atoms with Gasteiger partial charge in [-0.15, -0.1) is 0 Å². The topological polar surface area (TPSA) is 98.0 Å². The number of nitrogens with zero attached hydrogens (tertiary/aromatic N) is 3. The Morgan fingerprint density at radius 3 is 2.63 bits per heavy atom. The van der Waals surface area contributed by atoms with Crippen LogP contribution in [-0.2, 0) is 16.4 Å². The minimum atomic E-state index is -3.32. The summed E-state index contributed by atoms with van der Waals surface area (Å²) in [6, 6.07) is 16.3. The second kappa shape index (κ2) is 6.81. The zero-order valence-corrected chi connectivity index (χ0v) is 15.3. The van der Waals surface area contributed by atoms with Crippen molar-refractivity contribution >= 4 is 26.6 Å². The smallest absolute Gasteiger partial charge is 0.175 e. The Bertz CT molecular complexity index is 1200. The highest BCUT2D eigenvalue weighted by molar-refractivity contribution is 7.90. The van der Waals surface area contributed by atoms with Gasteiger partial charge < -0.3 is 9.84 Å². The molecule has 0 saturated heterocycles. The predicted molar refractivity (Wildman–Crippen MR) is 102 cm³/mol. The standard InChI is InChI=1S/C19H16N4O3S/c1-27(24,25)15-7-8-17-16(10-15)19(22-12-21-17)20-11-14-9-18(26-23-14)13-5-3-2-4-6-13/h2-10,12H,11H2,1H3,(H,20,21,22). The van der Waals surface area contributed by atoms with Crippen molar-refractivity contribution in [1.82, 2.24) is 15.1 Å². The van der Waals surface area contributed by atoms with Crippen molar-refractivity contribution in [1.29, 1.82) is 0 Å². The third kappa shape index (κ3) is 3.65. The molecule has 27 heavy (non-hydrogen) atoms. The van der Waals surface area contributed by atoms with Gasteiger partial charge in [0.15, 0.2) is 15.6 Å². The summed E-state index contributed by atoms with van der Waals surface area (Å²) in [7, 11) is -3.32. The number of hydrogen-bond donors (Lipinski definition) is 1. The monoisotopic (exact) mass is 380 g/mol. The molecule has 7 nitrogen and oxygen atoms in total. The number of rotatable bonds is 5. The van der Waals surface area contributed by atoms with E-state index in [2.05, 4.69) is 20.4 Å². The largest absolute Gasteiger partial charge is 0.364 e. The van der Waals surface area contributed by atoms with Crippen molar-refractivity contribution in [2.24, 2.45) is 0 Å². The van der Waals surface area contributed by atoms with E-state index in [0.717, 1.165) is 5.56 Å². The van der Waals surface area contributed by atoms with E-state index in [4.69, 9.17) is 4.52 Å². The Morgan fingerprint density at radius 1 is 1.04 bits per heavy atom. The van der Waals surface area contributed by atoms with Crippen LogP contribution in [0.3, 0.4) is 0 Å². The average molecular weight is 380 g/mol. The Kier molecular flexibility index (Phi) is 4.33. The number of benzene rings is 2. The lowest BCUT2D eigenvalue weighted by Crippen LogP contribution is -2.04. The molecule has 2 heterocycles. The summed E-state index contributed by atoms with van der Waals surface area (Å²) in [5.41, 5.74) is 2.31. The molecule has 0 fully saturated rings. The van der Waals surface area contributed by atoms with Crippen molar-refractivity contribution in [3.05, 3.63) is 66.6 Å². The van der Waals surface area contributed by atoms with Gasteiger partial charge in [0.25, 0.3) is 0 Å². The van der Waals surface area contributed by atoms with Crippen LogP contribution in [0.4, 0.5) is 5.82 Å². The first-order chi connectivity index (χ1) is 13.0. The fourth-order valence-electron chi connectivity index (χ4n) is 2.72. The minimum Gasteiger partial charge on any atom is -0.364 e. The fraction of sp³-hybridized carbons (Fsp3) is 0.105. The lowest BCUT2D eigenvalue weighted by molar-refractivity contribution is 0.424. The van der Waals surface area contributed by atoms with Crippen LogP contribution in [0.2, 0.25) is 0 Å². The third-order valence-corrected chi connectivity index (χ3v) is 5.20. The van der Waals surface area contributed by atoms with Crippen molar-refractivity contribution in [3.63, 3.8) is 0 Å². The van der Waals surface area contributed by atoms with Gasteiger partial charge in [0.05, 0.1) is 17.0 Å². The second-order valence-electron chi connectivity index (χ2n) is 6.08. The highest BCUT2D eigenvalue weighted by Crippen LogP contribution is 2.24. The van der Waals surface area contributed by atoms with Gasteiger partial charge in [0, 0.05) is 23.3 Å². The molecule has 4 rings (SSSR count). The normalized spacial score (nSPS) is 11.6. The van der Waals surface area contributed by atoms with Crippen molar-refractivity contribution < 1.29 is 12.9 Å². The van der Waals surface area contributed by atoms with Crippen LogP contribution in [-0.4, -0.2) is 29.8 Å². The number of hydrogen-bond acceptors (Lipinski definition) is 7. The van der Waals surface area contributed by atoms with Gasteiger partial charge in [0.2, 0.25) is 0 Å². The Labute approximate surface area is 156 Å². The van der Waals surface area contributed by atoms with Gasteiger partial charge in [-0.2, -0.15) is 0 Å². The molecule has 2 aromatic heterocycles. The SMILES string of the molecule is CS(=O)(=O)c1ccc2ncnc(NCc3cc(-c4ccccc4)on3)c2c1. The number of aromatic nitrogens is 3. The Hall–Kier alpha value is -3.26. The first-order valence-corrected chi connectivity index (χ1v) is 10.1. The lowest BCUT2D eigenvalue weighted by Gasteiger charge is -2.08. The van der Waals surface area contributed by atoms with Crippen LogP contribution in [0.25, 0.3) is 22.2 Å². The van der Waals surface area contributed by atoms with Crippen molar-refractivity contribution in [3.8, 4) is 11.3 Å². The molecule has 0 spiro atoms. The van der Waals surface area contributed by atoms with E-state index < -0.39 is 9.84 Å². The molecule has 0 amide bonds. The van der Waals surface area contributed by atoms with E-state index in [1.165, 1.54) is 18.6 Å². The second-order valence-corrected chi connectivity index (χ2v) is 8.09. The maximum Gasteiger partial charge on any atom is 0.175 e. The predicted octanol–water partition coefficient (Wildman–Crippen LogP) is 3.30. The van der Waals surface area contributed by atoms with Crippen molar-refractivity contribution in [2.45, 2.75) is 11.4 Å². The molecule has 2 aromatic carbocycles. The zero-order valence-electron chi connectivity index (χ0n) is 14.5. The van der Waals surface area contributed by atoms with Crippen LogP contribution in [0.5, 0.6) is 0 Å². The average Bonchev–Trinajstić information content (AvgIpc) is 3.15. The molecule has 8 heteroatoms. The van der Waals surface area contributed by atoms with Gasteiger partial charge in [-0.1, -0.05) is 35.5 Å². The number of fused-ring (bicyclic) bond motifs is 1. The molecular weight excluding hydrogens is 364 g/mol. The first kappa shape index (κ1) is 17.2. The van der Waals surface area contributed by atoms with E-state index in [9.17, 15) is 8.42 Å². The molecule has 1 N–H and O–H groups in total. The van der Waals surface area contributed by atoms with E-state index in [-0.39, 0.29) is 4.90 Å². The molecule has 0 aliphatic heterocycles. The maximum absolute atomic E-state index is 11.8. The third-order valence-electron chi connectivity index (χ3n) is 4.09. The molecule has 4 aromatic rings. The zero-order chi connectivity index (χ0) is 18.9. The van der Waals surface area contributed by atoms with Crippen LogP contribution >= 0.6 is 0 Å². The van der Waals surface area contributed by atoms with Gasteiger partial charge >= 0.3 is 0 Å². The van der Waals surface area contributed by atoms with Crippen LogP contribution in [0.1, 0.15) is 5.69 Å².